The monoisotopic (exact) mass is 301 g/mol. The second-order valence-corrected chi connectivity index (χ2v) is 6.23. The van der Waals surface area contributed by atoms with Crippen molar-refractivity contribution in [2.75, 3.05) is 19.6 Å². The Kier molecular flexibility index (Phi) is 4.74. The zero-order chi connectivity index (χ0) is 15.5. The maximum atomic E-state index is 4.94. The fourth-order valence-corrected chi connectivity index (χ4v) is 3.58. The molecule has 1 fully saturated rings. The number of aryl methyl sites for hydroxylation is 1. The van der Waals surface area contributed by atoms with Crippen LogP contribution in [0.4, 0.5) is 0 Å². The van der Waals surface area contributed by atoms with E-state index in [0.29, 0.717) is 12.1 Å². The number of rotatable bonds is 5. The second-order valence-electron chi connectivity index (χ2n) is 6.23. The standard InChI is InChI=1S/C17H27N5/c1-4-6-16(21-10-9-19-13(3)12-21)17-20-14-11-18-8-7-15(14)22(17)5-2/h7-8,11,13,16,19H,4-6,9-10,12H2,1-3H3/t13-,16+/m0/s1. The quantitative estimate of drug-likeness (QED) is 0.922. The molecule has 2 aromatic heterocycles. The van der Waals surface area contributed by atoms with Gasteiger partial charge in [0.15, 0.2) is 0 Å². The van der Waals surface area contributed by atoms with Crippen molar-refractivity contribution < 1.29 is 0 Å². The largest absolute Gasteiger partial charge is 0.327 e. The summed E-state index contributed by atoms with van der Waals surface area (Å²) in [5.41, 5.74) is 2.22. The Balaban J connectivity index is 2.00. The van der Waals surface area contributed by atoms with Crippen molar-refractivity contribution in [3.63, 3.8) is 0 Å². The van der Waals surface area contributed by atoms with Crippen LogP contribution in [0.15, 0.2) is 18.5 Å². The molecule has 0 saturated carbocycles. The number of nitrogens with zero attached hydrogens (tertiary/aromatic N) is 4. The lowest BCUT2D eigenvalue weighted by molar-refractivity contribution is 0.133. The molecule has 1 saturated heterocycles. The van der Waals surface area contributed by atoms with E-state index in [1.165, 1.54) is 17.8 Å². The molecular formula is C17H27N5. The average molecular weight is 301 g/mol. The van der Waals surface area contributed by atoms with Gasteiger partial charge in [0.1, 0.15) is 11.3 Å². The Morgan fingerprint density at radius 1 is 1.41 bits per heavy atom. The van der Waals surface area contributed by atoms with Crippen molar-refractivity contribution in [3.8, 4) is 0 Å². The summed E-state index contributed by atoms with van der Waals surface area (Å²) < 4.78 is 2.37. The van der Waals surface area contributed by atoms with E-state index in [9.17, 15) is 0 Å². The first-order valence-corrected chi connectivity index (χ1v) is 8.52. The number of piperazine rings is 1. The van der Waals surface area contributed by atoms with Crippen molar-refractivity contribution in [2.45, 2.75) is 52.2 Å². The summed E-state index contributed by atoms with van der Waals surface area (Å²) in [6.07, 6.45) is 6.08. The summed E-state index contributed by atoms with van der Waals surface area (Å²) in [5.74, 6) is 1.21. The lowest BCUT2D eigenvalue weighted by atomic mass is 10.1. The van der Waals surface area contributed by atoms with Crippen molar-refractivity contribution in [3.05, 3.63) is 24.3 Å². The summed E-state index contributed by atoms with van der Waals surface area (Å²) in [6.45, 7) is 10.9. The normalized spacial score (nSPS) is 21.3. The van der Waals surface area contributed by atoms with Crippen LogP contribution in [-0.4, -0.2) is 45.1 Å². The maximum Gasteiger partial charge on any atom is 0.127 e. The molecule has 0 radical (unpaired) electrons. The van der Waals surface area contributed by atoms with Gasteiger partial charge in [-0.15, -0.1) is 0 Å². The highest BCUT2D eigenvalue weighted by Crippen LogP contribution is 2.29. The first-order chi connectivity index (χ1) is 10.7. The zero-order valence-electron chi connectivity index (χ0n) is 13.9. The summed E-state index contributed by atoms with van der Waals surface area (Å²) >= 11 is 0. The van der Waals surface area contributed by atoms with Crippen LogP contribution in [0.1, 0.15) is 45.5 Å². The molecule has 3 rings (SSSR count). The molecule has 0 amide bonds. The van der Waals surface area contributed by atoms with Crippen LogP contribution in [0.2, 0.25) is 0 Å². The predicted octanol–water partition coefficient (Wildman–Crippen LogP) is 2.59. The first-order valence-electron chi connectivity index (χ1n) is 8.52. The number of fused-ring (bicyclic) bond motifs is 1. The molecule has 22 heavy (non-hydrogen) atoms. The lowest BCUT2D eigenvalue weighted by Crippen LogP contribution is -2.50. The fourth-order valence-electron chi connectivity index (χ4n) is 3.58. The number of hydrogen-bond donors (Lipinski definition) is 1. The van der Waals surface area contributed by atoms with Gasteiger partial charge in [-0.3, -0.25) is 9.88 Å². The van der Waals surface area contributed by atoms with Gasteiger partial charge in [0.2, 0.25) is 0 Å². The first kappa shape index (κ1) is 15.4. The van der Waals surface area contributed by atoms with Gasteiger partial charge in [0.25, 0.3) is 0 Å². The highest BCUT2D eigenvalue weighted by Gasteiger charge is 2.28. The highest BCUT2D eigenvalue weighted by atomic mass is 15.3. The molecule has 5 heteroatoms. The van der Waals surface area contributed by atoms with E-state index in [1.807, 2.05) is 12.4 Å². The summed E-state index contributed by atoms with van der Waals surface area (Å²) in [4.78, 5) is 11.8. The molecule has 0 spiro atoms. The molecule has 120 valence electrons. The molecule has 1 aliphatic rings. The minimum atomic E-state index is 0.405. The third-order valence-corrected chi connectivity index (χ3v) is 4.60. The van der Waals surface area contributed by atoms with Gasteiger partial charge in [-0.05, 0) is 26.3 Å². The third kappa shape index (κ3) is 2.88. The highest BCUT2D eigenvalue weighted by molar-refractivity contribution is 5.74. The van der Waals surface area contributed by atoms with E-state index in [2.05, 4.69) is 46.6 Å². The summed E-state index contributed by atoms with van der Waals surface area (Å²) in [7, 11) is 0. The maximum absolute atomic E-state index is 4.94. The van der Waals surface area contributed by atoms with Gasteiger partial charge >= 0.3 is 0 Å². The molecule has 0 aromatic carbocycles. The van der Waals surface area contributed by atoms with Gasteiger partial charge in [0.05, 0.1) is 17.8 Å². The van der Waals surface area contributed by atoms with E-state index in [-0.39, 0.29) is 0 Å². The third-order valence-electron chi connectivity index (χ3n) is 4.60. The lowest BCUT2D eigenvalue weighted by Gasteiger charge is -2.37. The SMILES string of the molecule is CCC[C@H](c1nc2cnccc2n1CC)N1CCN[C@@H](C)C1. The number of nitrogens with one attached hydrogen (secondary N) is 1. The molecule has 2 atom stereocenters. The summed E-state index contributed by atoms with van der Waals surface area (Å²) in [6, 6.07) is 3.04. The van der Waals surface area contributed by atoms with Gasteiger partial charge in [-0.1, -0.05) is 13.3 Å². The van der Waals surface area contributed by atoms with E-state index in [1.54, 1.807) is 0 Å². The summed E-state index contributed by atoms with van der Waals surface area (Å²) in [5, 5.41) is 3.54. The van der Waals surface area contributed by atoms with E-state index < -0.39 is 0 Å². The Bertz CT molecular complexity index is 621. The van der Waals surface area contributed by atoms with Crippen LogP contribution in [0.25, 0.3) is 11.0 Å². The molecule has 3 heterocycles. The Hall–Kier alpha value is -1.46. The molecule has 1 aliphatic heterocycles. The van der Waals surface area contributed by atoms with Crippen LogP contribution >= 0.6 is 0 Å². The minimum Gasteiger partial charge on any atom is -0.327 e. The second kappa shape index (κ2) is 6.75. The van der Waals surface area contributed by atoms with Crippen molar-refractivity contribution in [2.24, 2.45) is 0 Å². The molecule has 2 aromatic rings. The van der Waals surface area contributed by atoms with E-state index in [0.717, 1.165) is 38.1 Å². The van der Waals surface area contributed by atoms with Crippen molar-refractivity contribution in [1.29, 1.82) is 0 Å². The smallest absolute Gasteiger partial charge is 0.127 e. The van der Waals surface area contributed by atoms with Crippen LogP contribution in [-0.2, 0) is 6.54 Å². The van der Waals surface area contributed by atoms with Crippen molar-refractivity contribution >= 4 is 11.0 Å². The molecule has 0 bridgehead atoms. The van der Waals surface area contributed by atoms with Crippen LogP contribution in [0.3, 0.4) is 0 Å². The Labute approximate surface area is 132 Å². The van der Waals surface area contributed by atoms with Crippen molar-refractivity contribution in [1.82, 2.24) is 24.8 Å². The molecule has 5 nitrogen and oxygen atoms in total. The van der Waals surface area contributed by atoms with Gasteiger partial charge in [-0.25, -0.2) is 4.98 Å². The Morgan fingerprint density at radius 2 is 2.27 bits per heavy atom. The average Bonchev–Trinajstić information content (AvgIpc) is 2.90. The minimum absolute atomic E-state index is 0.405. The molecular weight excluding hydrogens is 274 g/mol. The predicted molar refractivity (Wildman–Crippen MR) is 89.9 cm³/mol. The van der Waals surface area contributed by atoms with Crippen LogP contribution in [0, 0.1) is 0 Å². The number of hydrogen-bond acceptors (Lipinski definition) is 4. The van der Waals surface area contributed by atoms with Gasteiger partial charge in [0, 0.05) is 38.4 Å². The van der Waals surface area contributed by atoms with Crippen LogP contribution in [0.5, 0.6) is 0 Å². The number of pyridine rings is 1. The Morgan fingerprint density at radius 3 is 3.00 bits per heavy atom. The van der Waals surface area contributed by atoms with E-state index in [4.69, 9.17) is 4.98 Å². The number of aromatic nitrogens is 3. The molecule has 1 N–H and O–H groups in total. The van der Waals surface area contributed by atoms with E-state index >= 15 is 0 Å². The molecule has 0 unspecified atom stereocenters. The fraction of sp³-hybridized carbons (Fsp3) is 0.647. The van der Waals surface area contributed by atoms with Crippen LogP contribution < -0.4 is 5.32 Å². The van der Waals surface area contributed by atoms with Gasteiger partial charge in [-0.2, -0.15) is 0 Å². The molecule has 0 aliphatic carbocycles. The zero-order valence-corrected chi connectivity index (χ0v) is 13.9. The topological polar surface area (TPSA) is 46.0 Å². The number of imidazole rings is 1. The van der Waals surface area contributed by atoms with Gasteiger partial charge < -0.3 is 9.88 Å².